The normalized spacial score (nSPS) is 10.3. The molecule has 10 aromatic rings. The largest absolute Gasteiger partial charge is 0.356 e. The Labute approximate surface area is 404 Å². The maximum Gasteiger partial charge on any atom is 0.241 e. The Kier molecular flexibility index (Phi) is 15.7. The van der Waals surface area contributed by atoms with Crippen LogP contribution < -0.4 is 20.0 Å². The molecule has 8 aromatic carbocycles. The molecule has 0 spiro atoms. The van der Waals surface area contributed by atoms with Gasteiger partial charge in [-0.3, -0.25) is 14.7 Å². The van der Waals surface area contributed by atoms with E-state index in [-0.39, 0.29) is 15.9 Å². The van der Waals surface area contributed by atoms with Gasteiger partial charge in [0.1, 0.15) is 0 Å². The lowest BCUT2D eigenvalue weighted by atomic mass is 10.2. The van der Waals surface area contributed by atoms with E-state index in [1.54, 1.807) is 0 Å². The van der Waals surface area contributed by atoms with Crippen LogP contribution in [0.1, 0.15) is 0 Å². The molecule has 1 N–H and O–H groups in total. The Hall–Kier alpha value is -8.15. The number of nitrogens with one attached hydrogen (secondary N) is 1. The molecular weight excluding hydrogens is 895 g/mol. The van der Waals surface area contributed by atoms with E-state index in [0.717, 1.165) is 45.5 Å². The summed E-state index contributed by atoms with van der Waals surface area (Å²) in [4.78, 5) is 32.2. The first kappa shape index (κ1) is 45.4. The SMILES string of the molecule is Clc1nc(Cl)nc(Cl)n1.c1ccc(N(c2ccccc2)c2nc(N(c3ccccc3)c3ccccc3)nc(N(c3ccccc3)c3ccccc3)n2)cc1.c1ccc(Nc2ccccc2)cc1. The Morgan fingerprint density at radius 3 is 0.612 bits per heavy atom. The van der Waals surface area contributed by atoms with Crippen molar-refractivity contribution in [2.24, 2.45) is 0 Å². The second-order valence-electron chi connectivity index (χ2n) is 14.3. The third kappa shape index (κ3) is 12.6. The zero-order valence-electron chi connectivity index (χ0n) is 35.8. The van der Waals surface area contributed by atoms with Gasteiger partial charge in [0.05, 0.1) is 0 Å². The minimum Gasteiger partial charge on any atom is -0.356 e. The summed E-state index contributed by atoms with van der Waals surface area (Å²) in [5, 5.41) is 3.30. The van der Waals surface area contributed by atoms with Gasteiger partial charge in [-0.15, -0.1) is 0 Å². The monoisotopic (exact) mass is 934 g/mol. The van der Waals surface area contributed by atoms with Crippen LogP contribution in [-0.4, -0.2) is 29.9 Å². The number of anilines is 11. The number of benzene rings is 8. The number of rotatable bonds is 11. The lowest BCUT2D eigenvalue weighted by Gasteiger charge is -2.29. The smallest absolute Gasteiger partial charge is 0.241 e. The van der Waals surface area contributed by atoms with Gasteiger partial charge >= 0.3 is 0 Å². The summed E-state index contributed by atoms with van der Waals surface area (Å²) in [7, 11) is 0. The van der Waals surface area contributed by atoms with Gasteiger partial charge in [0, 0.05) is 45.5 Å². The predicted octanol–water partition coefficient (Wildman–Crippen LogP) is 15.5. The minimum atomic E-state index is 0.000000000000000444. The molecule has 13 heteroatoms. The average Bonchev–Trinajstić information content (AvgIpc) is 3.37. The van der Waals surface area contributed by atoms with Gasteiger partial charge in [-0.05, 0) is 132 Å². The molecule has 0 amide bonds. The lowest BCUT2D eigenvalue weighted by Crippen LogP contribution is -2.22. The number of hydrogen-bond acceptors (Lipinski definition) is 10. The first-order valence-electron chi connectivity index (χ1n) is 21.0. The van der Waals surface area contributed by atoms with E-state index in [9.17, 15) is 0 Å². The van der Waals surface area contributed by atoms with Crippen LogP contribution in [0.3, 0.4) is 0 Å². The van der Waals surface area contributed by atoms with Gasteiger partial charge in [0.25, 0.3) is 0 Å². The summed E-state index contributed by atoms with van der Waals surface area (Å²) in [5.74, 6) is 1.46. The Bertz CT molecular complexity index is 2570. The molecule has 2 aromatic heterocycles. The molecular formula is C54H41Cl3N10. The highest BCUT2D eigenvalue weighted by molar-refractivity contribution is 6.33. The van der Waals surface area contributed by atoms with Crippen molar-refractivity contribution < 1.29 is 0 Å². The second kappa shape index (κ2) is 23.2. The van der Waals surface area contributed by atoms with E-state index in [0.29, 0.717) is 17.8 Å². The van der Waals surface area contributed by atoms with E-state index < -0.39 is 0 Å². The molecule has 0 saturated carbocycles. The van der Waals surface area contributed by atoms with Gasteiger partial charge in [0.2, 0.25) is 33.7 Å². The van der Waals surface area contributed by atoms with Crippen molar-refractivity contribution in [1.29, 1.82) is 0 Å². The molecule has 0 unspecified atom stereocenters. The van der Waals surface area contributed by atoms with E-state index >= 15 is 0 Å². The van der Waals surface area contributed by atoms with E-state index in [1.807, 2.05) is 170 Å². The third-order valence-corrected chi connectivity index (χ3v) is 10.2. The quantitative estimate of drug-likeness (QED) is 0.135. The molecule has 0 saturated heterocycles. The number of hydrogen-bond donors (Lipinski definition) is 1. The van der Waals surface area contributed by atoms with Gasteiger partial charge in [-0.2, -0.15) is 29.9 Å². The Morgan fingerprint density at radius 1 is 0.239 bits per heavy atom. The van der Waals surface area contributed by atoms with Crippen molar-refractivity contribution >= 4 is 98.1 Å². The van der Waals surface area contributed by atoms with Crippen molar-refractivity contribution in [3.63, 3.8) is 0 Å². The number of halogens is 3. The summed E-state index contributed by atoms with van der Waals surface area (Å²) in [6.07, 6.45) is 0. The molecule has 0 fully saturated rings. The standard InChI is InChI=1S/C39H30N6.C12H11N.C3Cl3N3/c1-7-19-31(20-8-1)43(32-21-9-2-10-22-32)37-40-38(44(33-23-11-3-12-24-33)34-25-13-4-14-26-34)42-39(41-37)45(35-27-15-5-16-28-35)36-29-17-6-18-30-36;1-3-7-11(8-4-1)13-12-9-5-2-6-10-12;4-1-7-2(5)9-3(6)8-1/h1-30H;1-10,13H;. The zero-order chi connectivity index (χ0) is 46.0. The van der Waals surface area contributed by atoms with E-state index in [1.165, 1.54) is 0 Å². The fraction of sp³-hybridized carbons (Fsp3) is 0. The highest BCUT2D eigenvalue weighted by atomic mass is 35.5. The Morgan fingerprint density at radius 2 is 0.418 bits per heavy atom. The first-order chi connectivity index (χ1) is 33.0. The van der Waals surface area contributed by atoms with Crippen molar-refractivity contribution in [3.8, 4) is 0 Å². The van der Waals surface area contributed by atoms with Gasteiger partial charge in [-0.25, -0.2) is 0 Å². The first-order valence-corrected chi connectivity index (χ1v) is 22.2. The van der Waals surface area contributed by atoms with Gasteiger partial charge < -0.3 is 5.32 Å². The van der Waals surface area contributed by atoms with Crippen LogP contribution in [-0.2, 0) is 0 Å². The summed E-state index contributed by atoms with van der Waals surface area (Å²) in [6, 6.07) is 81.4. The van der Waals surface area contributed by atoms with Crippen molar-refractivity contribution in [1.82, 2.24) is 29.9 Å². The number of para-hydroxylation sites is 8. The molecule has 67 heavy (non-hydrogen) atoms. The highest BCUT2D eigenvalue weighted by Gasteiger charge is 2.25. The maximum atomic E-state index is 5.32. The lowest BCUT2D eigenvalue weighted by molar-refractivity contribution is 0.962. The summed E-state index contributed by atoms with van der Waals surface area (Å²) in [6.45, 7) is 0. The number of nitrogens with zero attached hydrogens (tertiary/aromatic N) is 9. The molecule has 2 heterocycles. The zero-order valence-corrected chi connectivity index (χ0v) is 38.0. The van der Waals surface area contributed by atoms with Crippen molar-refractivity contribution in [3.05, 3.63) is 259 Å². The van der Waals surface area contributed by atoms with Crippen molar-refractivity contribution in [2.45, 2.75) is 0 Å². The molecule has 0 aliphatic carbocycles. The maximum absolute atomic E-state index is 5.32. The van der Waals surface area contributed by atoms with Gasteiger partial charge in [-0.1, -0.05) is 146 Å². The fourth-order valence-electron chi connectivity index (χ4n) is 6.76. The molecule has 10 nitrogen and oxygen atoms in total. The topological polar surface area (TPSA) is 99.1 Å². The summed E-state index contributed by atoms with van der Waals surface area (Å²) in [5.41, 5.74) is 7.84. The average molecular weight is 936 g/mol. The second-order valence-corrected chi connectivity index (χ2v) is 15.3. The van der Waals surface area contributed by atoms with Crippen LogP contribution in [0.25, 0.3) is 0 Å². The Balaban J connectivity index is 0.000000225. The molecule has 0 aliphatic rings. The van der Waals surface area contributed by atoms with Crippen LogP contribution >= 0.6 is 34.8 Å². The van der Waals surface area contributed by atoms with Gasteiger partial charge in [0.15, 0.2) is 0 Å². The third-order valence-electron chi connectivity index (χ3n) is 9.68. The number of aromatic nitrogens is 6. The predicted molar refractivity (Wildman–Crippen MR) is 275 cm³/mol. The molecule has 0 bridgehead atoms. The molecule has 0 atom stereocenters. The molecule has 0 radical (unpaired) electrons. The van der Waals surface area contributed by atoms with Crippen LogP contribution in [0.2, 0.25) is 15.9 Å². The molecule has 0 aliphatic heterocycles. The molecule has 328 valence electrons. The molecule has 10 rings (SSSR count). The summed E-state index contributed by atoms with van der Waals surface area (Å²) < 4.78 is 0. The van der Waals surface area contributed by atoms with Crippen molar-refractivity contribution in [2.75, 3.05) is 20.0 Å². The van der Waals surface area contributed by atoms with Crippen LogP contribution in [0, 0.1) is 0 Å². The minimum absolute atomic E-state index is 0.000000000000000444. The van der Waals surface area contributed by atoms with E-state index in [4.69, 9.17) is 49.8 Å². The van der Waals surface area contributed by atoms with Crippen LogP contribution in [0.5, 0.6) is 0 Å². The highest BCUT2D eigenvalue weighted by Crippen LogP contribution is 2.40. The van der Waals surface area contributed by atoms with E-state index in [2.05, 4.69) is 108 Å². The van der Waals surface area contributed by atoms with Crippen LogP contribution in [0.15, 0.2) is 243 Å². The summed E-state index contributed by atoms with van der Waals surface area (Å²) >= 11 is 16.0. The fourth-order valence-corrected chi connectivity index (χ4v) is 7.37. The van der Waals surface area contributed by atoms with Crippen LogP contribution in [0.4, 0.5) is 63.3 Å².